The second kappa shape index (κ2) is 6.23. The van der Waals surface area contributed by atoms with Gasteiger partial charge in [-0.2, -0.15) is 16.1 Å². The first kappa shape index (κ1) is 16.1. The van der Waals surface area contributed by atoms with Gasteiger partial charge in [0, 0.05) is 23.6 Å². The molecule has 1 saturated heterocycles. The second-order valence-electron chi connectivity index (χ2n) is 4.86. The van der Waals surface area contributed by atoms with E-state index in [4.69, 9.17) is 16.7 Å². The molecule has 1 N–H and O–H groups in total. The Bertz CT molecular complexity index is 591. The molecule has 1 aromatic rings. The summed E-state index contributed by atoms with van der Waals surface area (Å²) >= 11 is 7.82. The Labute approximate surface area is 129 Å². The van der Waals surface area contributed by atoms with Crippen LogP contribution in [0.15, 0.2) is 23.1 Å². The normalized spacial score (nSPS) is 24.8. The minimum absolute atomic E-state index is 0.0763. The Morgan fingerprint density at radius 3 is 2.80 bits per heavy atom. The van der Waals surface area contributed by atoms with Crippen LogP contribution in [0, 0.1) is 0 Å². The number of nitrogens with zero attached hydrogens (tertiary/aromatic N) is 1. The summed E-state index contributed by atoms with van der Waals surface area (Å²) in [4.78, 5) is 0.0802. The van der Waals surface area contributed by atoms with E-state index in [2.05, 4.69) is 0 Å². The van der Waals surface area contributed by atoms with Crippen molar-refractivity contribution in [2.45, 2.75) is 36.6 Å². The summed E-state index contributed by atoms with van der Waals surface area (Å²) in [6, 6.07) is 4.52. The van der Waals surface area contributed by atoms with E-state index in [0.717, 1.165) is 5.75 Å². The van der Waals surface area contributed by atoms with Crippen molar-refractivity contribution in [2.75, 3.05) is 12.3 Å². The SMILES string of the molecule is CC1SCCN(S(=O)(=O)c2cc(CO)ccc2Cl)C1C. The highest BCUT2D eigenvalue weighted by Crippen LogP contribution is 2.32. The molecule has 2 atom stereocenters. The third-order valence-corrected chi connectivity index (χ3v) is 7.40. The highest BCUT2D eigenvalue weighted by atomic mass is 35.5. The molecule has 0 aromatic heterocycles. The zero-order valence-electron chi connectivity index (χ0n) is 11.4. The maximum Gasteiger partial charge on any atom is 0.244 e. The predicted molar refractivity (Wildman–Crippen MR) is 82.6 cm³/mol. The van der Waals surface area contributed by atoms with Crippen molar-refractivity contribution in [1.82, 2.24) is 4.31 Å². The highest BCUT2D eigenvalue weighted by molar-refractivity contribution is 8.00. The van der Waals surface area contributed by atoms with Crippen molar-refractivity contribution in [3.05, 3.63) is 28.8 Å². The van der Waals surface area contributed by atoms with Crippen LogP contribution >= 0.6 is 23.4 Å². The van der Waals surface area contributed by atoms with Crippen molar-refractivity contribution in [3.8, 4) is 0 Å². The van der Waals surface area contributed by atoms with E-state index in [1.807, 2.05) is 13.8 Å². The number of benzene rings is 1. The predicted octanol–water partition coefficient (Wildman–Crippen LogP) is 2.35. The first-order valence-electron chi connectivity index (χ1n) is 6.40. The van der Waals surface area contributed by atoms with Crippen LogP contribution in [-0.2, 0) is 16.6 Å². The smallest absolute Gasteiger partial charge is 0.244 e. The van der Waals surface area contributed by atoms with Gasteiger partial charge in [-0.15, -0.1) is 0 Å². The lowest BCUT2D eigenvalue weighted by Gasteiger charge is -2.36. The van der Waals surface area contributed by atoms with Gasteiger partial charge in [0.05, 0.1) is 11.6 Å². The van der Waals surface area contributed by atoms with Crippen LogP contribution in [-0.4, -0.2) is 41.4 Å². The fraction of sp³-hybridized carbons (Fsp3) is 0.538. The molecular weight excluding hydrogens is 318 g/mol. The van der Waals surface area contributed by atoms with Crippen LogP contribution in [0.1, 0.15) is 19.4 Å². The molecule has 0 spiro atoms. The summed E-state index contributed by atoms with van der Waals surface area (Å²) in [5.74, 6) is 0.780. The van der Waals surface area contributed by atoms with E-state index < -0.39 is 10.0 Å². The topological polar surface area (TPSA) is 57.6 Å². The number of halogens is 1. The van der Waals surface area contributed by atoms with E-state index in [1.54, 1.807) is 17.8 Å². The van der Waals surface area contributed by atoms with Gasteiger partial charge in [0.15, 0.2) is 0 Å². The molecule has 20 heavy (non-hydrogen) atoms. The lowest BCUT2D eigenvalue weighted by molar-refractivity contribution is 0.281. The number of hydrogen-bond donors (Lipinski definition) is 1. The average molecular weight is 336 g/mol. The monoisotopic (exact) mass is 335 g/mol. The van der Waals surface area contributed by atoms with Crippen LogP contribution in [0.3, 0.4) is 0 Å². The van der Waals surface area contributed by atoms with Gasteiger partial charge in [-0.25, -0.2) is 8.42 Å². The molecule has 1 aliphatic rings. The molecule has 7 heteroatoms. The van der Waals surface area contributed by atoms with Crippen molar-refractivity contribution in [3.63, 3.8) is 0 Å². The third kappa shape index (κ3) is 2.99. The Hall–Kier alpha value is -0.270. The summed E-state index contributed by atoms with van der Waals surface area (Å²) in [7, 11) is -3.63. The van der Waals surface area contributed by atoms with Gasteiger partial charge in [0.1, 0.15) is 4.90 Å². The molecule has 112 valence electrons. The van der Waals surface area contributed by atoms with Crippen molar-refractivity contribution < 1.29 is 13.5 Å². The molecule has 4 nitrogen and oxygen atoms in total. The molecule has 0 saturated carbocycles. The van der Waals surface area contributed by atoms with Gasteiger partial charge >= 0.3 is 0 Å². The first-order valence-corrected chi connectivity index (χ1v) is 9.27. The van der Waals surface area contributed by atoms with Crippen LogP contribution < -0.4 is 0 Å². The lowest BCUT2D eigenvalue weighted by Crippen LogP contribution is -2.47. The molecule has 0 radical (unpaired) electrons. The fourth-order valence-corrected chi connectivity index (χ4v) is 5.74. The van der Waals surface area contributed by atoms with Crippen LogP contribution in [0.25, 0.3) is 0 Å². The Kier molecular flexibility index (Phi) is 5.02. The van der Waals surface area contributed by atoms with Crippen LogP contribution in [0.4, 0.5) is 0 Å². The van der Waals surface area contributed by atoms with E-state index in [1.165, 1.54) is 16.4 Å². The highest BCUT2D eigenvalue weighted by Gasteiger charge is 2.36. The Balaban J connectivity index is 2.44. The number of thioether (sulfide) groups is 1. The summed E-state index contributed by atoms with van der Waals surface area (Å²) in [5, 5.41) is 9.61. The number of sulfonamides is 1. The van der Waals surface area contributed by atoms with Gasteiger partial charge in [-0.1, -0.05) is 24.6 Å². The molecule has 0 amide bonds. The molecule has 0 aliphatic carbocycles. The quantitative estimate of drug-likeness (QED) is 0.921. The summed E-state index contributed by atoms with van der Waals surface area (Å²) < 4.78 is 27.1. The van der Waals surface area contributed by atoms with Gasteiger partial charge in [0.25, 0.3) is 0 Å². The minimum atomic E-state index is -3.63. The molecule has 1 fully saturated rings. The van der Waals surface area contributed by atoms with Gasteiger partial charge < -0.3 is 5.11 Å². The number of rotatable bonds is 3. The van der Waals surface area contributed by atoms with E-state index in [-0.39, 0.29) is 27.8 Å². The molecule has 1 heterocycles. The Morgan fingerprint density at radius 1 is 1.45 bits per heavy atom. The average Bonchev–Trinajstić information content (AvgIpc) is 2.42. The minimum Gasteiger partial charge on any atom is -0.392 e. The first-order chi connectivity index (χ1) is 9.37. The van der Waals surface area contributed by atoms with Gasteiger partial charge in [-0.05, 0) is 24.6 Å². The van der Waals surface area contributed by atoms with E-state index >= 15 is 0 Å². The molecule has 0 bridgehead atoms. The number of aliphatic hydroxyl groups excluding tert-OH is 1. The maximum absolute atomic E-state index is 12.8. The zero-order valence-corrected chi connectivity index (χ0v) is 13.8. The molecule has 1 aromatic carbocycles. The largest absolute Gasteiger partial charge is 0.392 e. The zero-order chi connectivity index (χ0) is 14.9. The lowest BCUT2D eigenvalue weighted by atomic mass is 10.2. The van der Waals surface area contributed by atoms with Gasteiger partial charge in [0.2, 0.25) is 10.0 Å². The summed E-state index contributed by atoms with van der Waals surface area (Å²) in [5.41, 5.74) is 0.542. The fourth-order valence-electron chi connectivity index (χ4n) is 2.21. The van der Waals surface area contributed by atoms with E-state index in [0.29, 0.717) is 12.1 Å². The molecular formula is C13H18ClNO3S2. The van der Waals surface area contributed by atoms with Crippen LogP contribution in [0.5, 0.6) is 0 Å². The summed E-state index contributed by atoms with van der Waals surface area (Å²) in [6.45, 7) is 4.22. The summed E-state index contributed by atoms with van der Waals surface area (Å²) in [6.07, 6.45) is 0. The van der Waals surface area contributed by atoms with Crippen molar-refractivity contribution in [2.24, 2.45) is 0 Å². The molecule has 2 rings (SSSR count). The second-order valence-corrected chi connectivity index (χ2v) is 8.61. The standard InChI is InChI=1S/C13H18ClNO3S2/c1-9-10(2)19-6-5-15(9)20(17,18)13-7-11(8-16)3-4-12(13)14/h3-4,7,9-10,16H,5-6,8H2,1-2H3. The van der Waals surface area contributed by atoms with Crippen molar-refractivity contribution in [1.29, 1.82) is 0 Å². The van der Waals surface area contributed by atoms with E-state index in [9.17, 15) is 8.42 Å². The maximum atomic E-state index is 12.8. The van der Waals surface area contributed by atoms with Gasteiger partial charge in [-0.3, -0.25) is 0 Å². The molecule has 1 aliphatic heterocycles. The number of hydrogen-bond acceptors (Lipinski definition) is 4. The molecule has 2 unspecified atom stereocenters. The van der Waals surface area contributed by atoms with Crippen molar-refractivity contribution >= 4 is 33.4 Å². The van der Waals surface area contributed by atoms with Crippen LogP contribution in [0.2, 0.25) is 5.02 Å². The third-order valence-electron chi connectivity index (χ3n) is 3.59. The number of aliphatic hydroxyl groups is 1. The Morgan fingerprint density at radius 2 is 2.15 bits per heavy atom.